The molecule has 0 N–H and O–H groups in total. The standard InChI is InChI=1S/C12H12BrNS/c13-11-7-9(8-14)5-6-12(11)15-10-3-1-2-4-10/h5-7,10H,1-4H2. The lowest BCUT2D eigenvalue weighted by Gasteiger charge is -2.10. The molecule has 0 aliphatic heterocycles. The van der Waals surface area contributed by atoms with Crippen LogP contribution in [-0.2, 0) is 0 Å². The van der Waals surface area contributed by atoms with Gasteiger partial charge in [-0.05, 0) is 47.0 Å². The number of hydrogen-bond acceptors (Lipinski definition) is 2. The number of nitrogens with zero attached hydrogens (tertiary/aromatic N) is 1. The van der Waals surface area contributed by atoms with Crippen molar-refractivity contribution >= 4 is 27.7 Å². The molecule has 0 heterocycles. The molecule has 0 spiro atoms. The Morgan fingerprint density at radius 1 is 1.33 bits per heavy atom. The van der Waals surface area contributed by atoms with Gasteiger partial charge in [-0.15, -0.1) is 11.8 Å². The molecule has 3 heteroatoms. The van der Waals surface area contributed by atoms with E-state index in [9.17, 15) is 0 Å². The Hall–Kier alpha value is -0.460. The van der Waals surface area contributed by atoms with Gasteiger partial charge in [0.15, 0.2) is 0 Å². The summed E-state index contributed by atoms with van der Waals surface area (Å²) in [5, 5.41) is 9.53. The second-order valence-electron chi connectivity index (χ2n) is 3.78. The minimum absolute atomic E-state index is 0.720. The van der Waals surface area contributed by atoms with Crippen molar-refractivity contribution in [3.63, 3.8) is 0 Å². The second kappa shape index (κ2) is 5.05. The van der Waals surface area contributed by atoms with Crippen molar-refractivity contribution in [1.82, 2.24) is 0 Å². The van der Waals surface area contributed by atoms with E-state index in [0.29, 0.717) is 0 Å². The zero-order valence-electron chi connectivity index (χ0n) is 8.37. The molecule has 0 aromatic heterocycles. The summed E-state index contributed by atoms with van der Waals surface area (Å²) in [5.41, 5.74) is 0.720. The molecule has 1 saturated carbocycles. The molecule has 1 nitrogen and oxygen atoms in total. The summed E-state index contributed by atoms with van der Waals surface area (Å²) in [6.45, 7) is 0. The molecule has 15 heavy (non-hydrogen) atoms. The topological polar surface area (TPSA) is 23.8 Å². The number of hydrogen-bond donors (Lipinski definition) is 0. The van der Waals surface area contributed by atoms with E-state index in [0.717, 1.165) is 15.3 Å². The fraction of sp³-hybridized carbons (Fsp3) is 0.417. The van der Waals surface area contributed by atoms with Crippen LogP contribution in [0.4, 0.5) is 0 Å². The van der Waals surface area contributed by atoms with E-state index in [2.05, 4.69) is 22.0 Å². The normalized spacial score (nSPS) is 16.5. The first-order valence-corrected chi connectivity index (χ1v) is 6.83. The average molecular weight is 282 g/mol. The molecular weight excluding hydrogens is 270 g/mol. The SMILES string of the molecule is N#Cc1ccc(SC2CCCC2)c(Br)c1. The molecule has 1 aromatic rings. The summed E-state index contributed by atoms with van der Waals surface area (Å²) < 4.78 is 1.05. The number of rotatable bonds is 2. The predicted octanol–water partition coefficient (Wildman–Crippen LogP) is 4.36. The van der Waals surface area contributed by atoms with Gasteiger partial charge in [-0.2, -0.15) is 5.26 Å². The van der Waals surface area contributed by atoms with Crippen LogP contribution in [0.3, 0.4) is 0 Å². The highest BCUT2D eigenvalue weighted by Crippen LogP contribution is 2.38. The lowest BCUT2D eigenvalue weighted by molar-refractivity contribution is 0.886. The van der Waals surface area contributed by atoms with Gasteiger partial charge in [0.2, 0.25) is 0 Å². The van der Waals surface area contributed by atoms with Crippen molar-refractivity contribution in [3.8, 4) is 6.07 Å². The number of benzene rings is 1. The second-order valence-corrected chi connectivity index (χ2v) is 5.98. The summed E-state index contributed by atoms with van der Waals surface area (Å²) in [7, 11) is 0. The van der Waals surface area contributed by atoms with Crippen molar-refractivity contribution in [1.29, 1.82) is 5.26 Å². The summed E-state index contributed by atoms with van der Waals surface area (Å²) in [5.74, 6) is 0. The van der Waals surface area contributed by atoms with E-state index in [-0.39, 0.29) is 0 Å². The van der Waals surface area contributed by atoms with Crippen molar-refractivity contribution in [2.45, 2.75) is 35.8 Å². The van der Waals surface area contributed by atoms with Gasteiger partial charge in [0.25, 0.3) is 0 Å². The van der Waals surface area contributed by atoms with Gasteiger partial charge in [-0.25, -0.2) is 0 Å². The first kappa shape index (κ1) is 11.0. The zero-order valence-corrected chi connectivity index (χ0v) is 10.8. The maximum absolute atomic E-state index is 8.76. The van der Waals surface area contributed by atoms with E-state index in [1.807, 2.05) is 30.0 Å². The Balaban J connectivity index is 2.11. The van der Waals surface area contributed by atoms with Gasteiger partial charge in [0, 0.05) is 14.6 Å². The Morgan fingerprint density at radius 2 is 2.07 bits per heavy atom. The molecule has 2 rings (SSSR count). The van der Waals surface area contributed by atoms with Crippen molar-refractivity contribution in [2.24, 2.45) is 0 Å². The number of nitriles is 1. The third kappa shape index (κ3) is 2.76. The predicted molar refractivity (Wildman–Crippen MR) is 67.0 cm³/mol. The molecule has 1 aliphatic rings. The summed E-state index contributed by atoms with van der Waals surface area (Å²) in [4.78, 5) is 1.26. The van der Waals surface area contributed by atoms with E-state index in [4.69, 9.17) is 5.26 Å². The Labute approximate surface area is 103 Å². The molecule has 0 bridgehead atoms. The van der Waals surface area contributed by atoms with Crippen LogP contribution in [0.25, 0.3) is 0 Å². The minimum Gasteiger partial charge on any atom is -0.192 e. The summed E-state index contributed by atoms with van der Waals surface area (Å²) in [6, 6.07) is 7.99. The summed E-state index contributed by atoms with van der Waals surface area (Å²) >= 11 is 5.46. The van der Waals surface area contributed by atoms with E-state index in [1.165, 1.54) is 30.6 Å². The molecule has 0 saturated heterocycles. The lowest BCUT2D eigenvalue weighted by atomic mass is 10.2. The van der Waals surface area contributed by atoms with Gasteiger partial charge in [-0.3, -0.25) is 0 Å². The molecule has 0 atom stereocenters. The Bertz CT molecular complexity index is 391. The van der Waals surface area contributed by atoms with E-state index >= 15 is 0 Å². The number of halogens is 1. The molecular formula is C12H12BrNS. The maximum atomic E-state index is 8.76. The Morgan fingerprint density at radius 3 is 2.67 bits per heavy atom. The Kier molecular flexibility index (Phi) is 3.71. The average Bonchev–Trinajstić information content (AvgIpc) is 2.74. The van der Waals surface area contributed by atoms with Crippen LogP contribution in [-0.4, -0.2) is 5.25 Å². The molecule has 1 aromatic carbocycles. The minimum atomic E-state index is 0.720. The molecule has 0 amide bonds. The zero-order chi connectivity index (χ0) is 10.7. The first-order valence-electron chi connectivity index (χ1n) is 5.16. The quantitative estimate of drug-likeness (QED) is 0.805. The number of thioether (sulfide) groups is 1. The van der Waals surface area contributed by atoms with Gasteiger partial charge >= 0.3 is 0 Å². The van der Waals surface area contributed by atoms with Crippen LogP contribution in [0.5, 0.6) is 0 Å². The van der Waals surface area contributed by atoms with Crippen LogP contribution in [0.1, 0.15) is 31.2 Å². The highest BCUT2D eigenvalue weighted by atomic mass is 79.9. The van der Waals surface area contributed by atoms with Crippen LogP contribution >= 0.6 is 27.7 Å². The summed E-state index contributed by atoms with van der Waals surface area (Å²) in [6.07, 6.45) is 5.39. The lowest BCUT2D eigenvalue weighted by Crippen LogP contribution is -1.93. The van der Waals surface area contributed by atoms with E-state index in [1.54, 1.807) is 0 Å². The highest BCUT2D eigenvalue weighted by molar-refractivity contribution is 9.10. The van der Waals surface area contributed by atoms with E-state index < -0.39 is 0 Å². The largest absolute Gasteiger partial charge is 0.192 e. The third-order valence-corrected chi connectivity index (χ3v) is 4.99. The monoisotopic (exact) mass is 281 g/mol. The molecule has 0 radical (unpaired) electrons. The molecule has 1 fully saturated rings. The third-order valence-electron chi connectivity index (χ3n) is 2.66. The fourth-order valence-electron chi connectivity index (χ4n) is 1.85. The van der Waals surface area contributed by atoms with Crippen LogP contribution in [0.15, 0.2) is 27.6 Å². The molecule has 78 valence electrons. The maximum Gasteiger partial charge on any atom is 0.0992 e. The van der Waals surface area contributed by atoms with Gasteiger partial charge in [0.05, 0.1) is 11.6 Å². The van der Waals surface area contributed by atoms with Gasteiger partial charge < -0.3 is 0 Å². The molecule has 0 unspecified atom stereocenters. The van der Waals surface area contributed by atoms with Gasteiger partial charge in [-0.1, -0.05) is 12.8 Å². The fourth-order valence-corrected chi connectivity index (χ4v) is 3.76. The van der Waals surface area contributed by atoms with Crippen molar-refractivity contribution in [2.75, 3.05) is 0 Å². The van der Waals surface area contributed by atoms with Crippen molar-refractivity contribution in [3.05, 3.63) is 28.2 Å². The van der Waals surface area contributed by atoms with Crippen LogP contribution in [0, 0.1) is 11.3 Å². The smallest absolute Gasteiger partial charge is 0.0992 e. The first-order chi connectivity index (χ1) is 7.29. The highest BCUT2D eigenvalue weighted by Gasteiger charge is 2.17. The van der Waals surface area contributed by atoms with Gasteiger partial charge in [0.1, 0.15) is 0 Å². The van der Waals surface area contributed by atoms with Crippen LogP contribution in [0.2, 0.25) is 0 Å². The van der Waals surface area contributed by atoms with Crippen LogP contribution < -0.4 is 0 Å². The van der Waals surface area contributed by atoms with Crippen molar-refractivity contribution < 1.29 is 0 Å². The molecule has 1 aliphatic carbocycles.